The quantitative estimate of drug-likeness (QED) is 0.669. The van der Waals surface area contributed by atoms with Gasteiger partial charge >= 0.3 is 0 Å². The van der Waals surface area contributed by atoms with Gasteiger partial charge in [-0.1, -0.05) is 0 Å². The summed E-state index contributed by atoms with van der Waals surface area (Å²) in [4.78, 5) is 16.5. The van der Waals surface area contributed by atoms with Crippen molar-refractivity contribution in [2.24, 2.45) is 0 Å². The molecule has 9 nitrogen and oxygen atoms in total. The van der Waals surface area contributed by atoms with Crippen molar-refractivity contribution in [3.8, 4) is 17.3 Å². The van der Waals surface area contributed by atoms with Crippen LogP contribution in [0.25, 0.3) is 11.4 Å². The molecule has 0 radical (unpaired) electrons. The van der Waals surface area contributed by atoms with Crippen molar-refractivity contribution < 1.29 is 17.9 Å². The summed E-state index contributed by atoms with van der Waals surface area (Å²) in [6, 6.07) is 6.09. The normalized spacial score (nSPS) is 21.0. The van der Waals surface area contributed by atoms with Crippen molar-refractivity contribution in [1.29, 1.82) is 0 Å². The smallest absolute Gasteiger partial charge is 0.213 e. The molecule has 0 saturated carbocycles. The molecule has 4 rings (SSSR count). The van der Waals surface area contributed by atoms with Crippen molar-refractivity contribution in [2.45, 2.75) is 38.6 Å². The number of methoxy groups -OCH3 is 1. The summed E-state index contributed by atoms with van der Waals surface area (Å²) in [5.74, 6) is 2.21. The minimum absolute atomic E-state index is 0.176. The molecule has 2 aromatic rings. The molecule has 0 bridgehead atoms. The maximum atomic E-state index is 11.9. The molecule has 4 heterocycles. The largest absolute Gasteiger partial charge is 0.481 e. The number of rotatable bonds is 5. The average Bonchev–Trinajstić information content (AvgIpc) is 2.78. The van der Waals surface area contributed by atoms with Crippen LogP contribution in [0.15, 0.2) is 18.2 Å². The second kappa shape index (κ2) is 9.29. The monoisotopic (exact) mass is 461 g/mol. The first-order chi connectivity index (χ1) is 15.2. The number of anilines is 1. The van der Waals surface area contributed by atoms with Gasteiger partial charge in [0.05, 0.1) is 32.6 Å². The van der Waals surface area contributed by atoms with Crippen molar-refractivity contribution in [3.05, 3.63) is 29.6 Å². The van der Waals surface area contributed by atoms with Gasteiger partial charge < -0.3 is 14.4 Å². The average molecular weight is 462 g/mol. The molecule has 0 spiro atoms. The summed E-state index contributed by atoms with van der Waals surface area (Å²) < 4.78 is 36.4. The lowest BCUT2D eigenvalue weighted by molar-refractivity contribution is 0.0985. The van der Waals surface area contributed by atoms with Crippen molar-refractivity contribution in [3.63, 3.8) is 0 Å². The standard InChI is InChI=1S/C22H31N5O4S/c1-15-11-18(12-21(23-15)30-3)22-24-19(17-5-7-26(8-6-17)32(4,28)29)13-20(25-22)27-9-10-31-14-16(27)2/h11-13,16-17H,5-10,14H2,1-4H3/t16-/m1/s1. The van der Waals surface area contributed by atoms with Crippen LogP contribution in [0.1, 0.15) is 37.1 Å². The fourth-order valence-electron chi connectivity index (χ4n) is 4.36. The van der Waals surface area contributed by atoms with Crippen LogP contribution < -0.4 is 9.64 Å². The van der Waals surface area contributed by atoms with Gasteiger partial charge in [0.2, 0.25) is 15.9 Å². The van der Waals surface area contributed by atoms with Crippen LogP contribution in [-0.4, -0.2) is 79.9 Å². The first-order valence-electron chi connectivity index (χ1n) is 11.0. The lowest BCUT2D eigenvalue weighted by Gasteiger charge is -2.35. The number of morpholine rings is 1. The summed E-state index contributed by atoms with van der Waals surface area (Å²) in [7, 11) is -1.57. The molecule has 0 N–H and O–H groups in total. The summed E-state index contributed by atoms with van der Waals surface area (Å²) in [5.41, 5.74) is 2.63. The van der Waals surface area contributed by atoms with E-state index in [0.29, 0.717) is 38.0 Å². The molecule has 10 heteroatoms. The van der Waals surface area contributed by atoms with E-state index in [-0.39, 0.29) is 12.0 Å². The van der Waals surface area contributed by atoms with E-state index in [9.17, 15) is 8.42 Å². The Morgan fingerprint density at radius 1 is 1.09 bits per heavy atom. The van der Waals surface area contributed by atoms with Crippen LogP contribution in [0.3, 0.4) is 0 Å². The first-order valence-corrected chi connectivity index (χ1v) is 12.8. The SMILES string of the molecule is COc1cc(-c2nc(C3CCN(S(C)(=O)=O)CC3)cc(N3CCOC[C@H]3C)n2)cc(C)n1. The lowest BCUT2D eigenvalue weighted by Crippen LogP contribution is -2.44. The minimum atomic E-state index is -3.17. The number of sulfonamides is 1. The third kappa shape index (κ3) is 5.02. The molecule has 2 saturated heterocycles. The Morgan fingerprint density at radius 2 is 1.84 bits per heavy atom. The molecule has 0 amide bonds. The van der Waals surface area contributed by atoms with E-state index in [1.807, 2.05) is 19.1 Å². The van der Waals surface area contributed by atoms with Crippen LogP contribution in [0.5, 0.6) is 5.88 Å². The number of aromatic nitrogens is 3. The van der Waals surface area contributed by atoms with Crippen molar-refractivity contribution >= 4 is 15.8 Å². The van der Waals surface area contributed by atoms with Gasteiger partial charge in [0.1, 0.15) is 5.82 Å². The molecule has 0 unspecified atom stereocenters. The topological polar surface area (TPSA) is 97.8 Å². The molecule has 0 aromatic carbocycles. The molecule has 2 aliphatic heterocycles. The molecule has 32 heavy (non-hydrogen) atoms. The zero-order valence-electron chi connectivity index (χ0n) is 19.1. The molecule has 1 atom stereocenters. The van der Waals surface area contributed by atoms with Crippen LogP contribution >= 0.6 is 0 Å². The van der Waals surface area contributed by atoms with Crippen LogP contribution in [0, 0.1) is 6.92 Å². The number of piperidine rings is 1. The van der Waals surface area contributed by atoms with E-state index in [4.69, 9.17) is 19.4 Å². The molecular weight excluding hydrogens is 430 g/mol. The van der Waals surface area contributed by atoms with Gasteiger partial charge in [-0.15, -0.1) is 0 Å². The molecule has 2 aliphatic rings. The highest BCUT2D eigenvalue weighted by atomic mass is 32.2. The number of hydrogen-bond donors (Lipinski definition) is 0. The van der Waals surface area contributed by atoms with E-state index in [2.05, 4.69) is 22.9 Å². The maximum absolute atomic E-state index is 11.9. The third-order valence-electron chi connectivity index (χ3n) is 6.13. The molecular formula is C22H31N5O4S. The van der Waals surface area contributed by atoms with E-state index in [0.717, 1.165) is 42.2 Å². The summed E-state index contributed by atoms with van der Waals surface area (Å²) in [6.07, 6.45) is 2.74. The third-order valence-corrected chi connectivity index (χ3v) is 7.44. The summed E-state index contributed by atoms with van der Waals surface area (Å²) >= 11 is 0. The predicted octanol–water partition coefficient (Wildman–Crippen LogP) is 2.22. The van der Waals surface area contributed by atoms with E-state index < -0.39 is 10.0 Å². The Hall–Kier alpha value is -2.30. The summed E-state index contributed by atoms with van der Waals surface area (Å²) in [6.45, 7) is 7.15. The predicted molar refractivity (Wildman–Crippen MR) is 123 cm³/mol. The zero-order valence-corrected chi connectivity index (χ0v) is 19.9. The Kier molecular flexibility index (Phi) is 6.64. The first kappa shape index (κ1) is 22.9. The Bertz CT molecular complexity index is 1070. The fourth-order valence-corrected chi connectivity index (χ4v) is 5.23. The molecule has 174 valence electrons. The minimum Gasteiger partial charge on any atom is -0.481 e. The van der Waals surface area contributed by atoms with Gasteiger partial charge in [0.25, 0.3) is 0 Å². The number of pyridine rings is 1. The highest BCUT2D eigenvalue weighted by molar-refractivity contribution is 7.88. The van der Waals surface area contributed by atoms with Crippen LogP contribution in [0.2, 0.25) is 0 Å². The Labute approximate surface area is 189 Å². The molecule has 0 aliphatic carbocycles. The van der Waals surface area contributed by atoms with Gasteiger partial charge in [0, 0.05) is 54.6 Å². The number of ether oxygens (including phenoxy) is 2. The van der Waals surface area contributed by atoms with Crippen molar-refractivity contribution in [1.82, 2.24) is 19.3 Å². The zero-order chi connectivity index (χ0) is 22.9. The fraction of sp³-hybridized carbons (Fsp3) is 0.591. The number of aryl methyl sites for hydroxylation is 1. The van der Waals surface area contributed by atoms with Gasteiger partial charge in [-0.2, -0.15) is 0 Å². The van der Waals surface area contributed by atoms with Gasteiger partial charge in [0.15, 0.2) is 5.82 Å². The van der Waals surface area contributed by atoms with Crippen molar-refractivity contribution in [2.75, 3.05) is 51.1 Å². The van der Waals surface area contributed by atoms with Gasteiger partial charge in [-0.3, -0.25) is 0 Å². The lowest BCUT2D eigenvalue weighted by atomic mass is 9.94. The maximum Gasteiger partial charge on any atom is 0.213 e. The molecule has 2 fully saturated rings. The molecule has 2 aromatic heterocycles. The second-order valence-electron chi connectivity index (χ2n) is 8.57. The highest BCUT2D eigenvalue weighted by Crippen LogP contribution is 2.32. The van der Waals surface area contributed by atoms with E-state index >= 15 is 0 Å². The van der Waals surface area contributed by atoms with E-state index in [1.54, 1.807) is 11.4 Å². The van der Waals surface area contributed by atoms with Gasteiger partial charge in [-0.05, 0) is 32.8 Å². The van der Waals surface area contributed by atoms with Crippen LogP contribution in [-0.2, 0) is 14.8 Å². The second-order valence-corrected chi connectivity index (χ2v) is 10.6. The van der Waals surface area contributed by atoms with E-state index in [1.165, 1.54) is 6.26 Å². The Morgan fingerprint density at radius 3 is 2.50 bits per heavy atom. The highest BCUT2D eigenvalue weighted by Gasteiger charge is 2.29. The van der Waals surface area contributed by atoms with Crippen LogP contribution in [0.4, 0.5) is 5.82 Å². The Balaban J connectivity index is 1.72. The van der Waals surface area contributed by atoms with Gasteiger partial charge in [-0.25, -0.2) is 27.7 Å². The number of hydrogen-bond acceptors (Lipinski definition) is 8. The summed E-state index contributed by atoms with van der Waals surface area (Å²) in [5, 5.41) is 0. The number of nitrogens with zero attached hydrogens (tertiary/aromatic N) is 5.